The lowest BCUT2D eigenvalue weighted by molar-refractivity contribution is 0.566. The fourth-order valence-corrected chi connectivity index (χ4v) is 5.04. The van der Waals surface area contributed by atoms with Crippen LogP contribution in [0.4, 0.5) is 11.6 Å². The van der Waals surface area contributed by atoms with E-state index < -0.39 is 0 Å². The fraction of sp³-hybridized carbons (Fsp3) is 0.385. The molecule has 2 aliphatic heterocycles. The van der Waals surface area contributed by atoms with Gasteiger partial charge in [-0.05, 0) is 55.4 Å². The molecule has 0 atom stereocenters. The SMILES string of the molecule is c1ccc2cc(-c3ncc4c(N5CCCCC5)nnc(N5CCCCC5)c4n3)ccc2c1. The van der Waals surface area contributed by atoms with E-state index >= 15 is 0 Å². The molecular formula is C26H28N6. The smallest absolute Gasteiger partial charge is 0.178 e. The summed E-state index contributed by atoms with van der Waals surface area (Å²) in [5, 5.41) is 12.9. The average Bonchev–Trinajstić information content (AvgIpc) is 2.88. The number of hydrogen-bond acceptors (Lipinski definition) is 6. The summed E-state index contributed by atoms with van der Waals surface area (Å²) in [6.07, 6.45) is 9.33. The summed E-state index contributed by atoms with van der Waals surface area (Å²) in [5.74, 6) is 2.59. The third kappa shape index (κ3) is 3.53. The Labute approximate surface area is 188 Å². The van der Waals surface area contributed by atoms with E-state index in [0.717, 1.165) is 60.1 Å². The summed E-state index contributed by atoms with van der Waals surface area (Å²) in [6, 6.07) is 14.9. The number of piperidine rings is 2. The Balaban J connectivity index is 1.50. The van der Waals surface area contributed by atoms with Crippen LogP contribution in [-0.2, 0) is 0 Å². The van der Waals surface area contributed by atoms with Gasteiger partial charge in [0, 0.05) is 37.9 Å². The van der Waals surface area contributed by atoms with Gasteiger partial charge in [0.05, 0.1) is 5.39 Å². The van der Waals surface area contributed by atoms with Gasteiger partial charge < -0.3 is 9.80 Å². The Morgan fingerprint density at radius 1 is 0.656 bits per heavy atom. The second-order valence-electron chi connectivity index (χ2n) is 8.96. The number of fused-ring (bicyclic) bond motifs is 2. The number of benzene rings is 2. The van der Waals surface area contributed by atoms with Gasteiger partial charge in [-0.3, -0.25) is 0 Å². The molecule has 0 aliphatic carbocycles. The van der Waals surface area contributed by atoms with E-state index in [1.807, 2.05) is 6.20 Å². The highest BCUT2D eigenvalue weighted by atomic mass is 15.3. The zero-order valence-corrected chi connectivity index (χ0v) is 18.4. The van der Waals surface area contributed by atoms with Crippen LogP contribution in [0, 0.1) is 0 Å². The maximum absolute atomic E-state index is 5.10. The van der Waals surface area contributed by atoms with Crippen LogP contribution >= 0.6 is 0 Å². The molecule has 6 heteroatoms. The largest absolute Gasteiger partial charge is 0.355 e. The number of aromatic nitrogens is 4. The molecule has 2 fully saturated rings. The van der Waals surface area contributed by atoms with E-state index in [0.29, 0.717) is 0 Å². The van der Waals surface area contributed by atoms with E-state index in [4.69, 9.17) is 20.2 Å². The molecule has 0 bridgehead atoms. The van der Waals surface area contributed by atoms with Gasteiger partial charge in [-0.15, -0.1) is 10.2 Å². The van der Waals surface area contributed by atoms with Gasteiger partial charge in [0.2, 0.25) is 0 Å². The van der Waals surface area contributed by atoms with Crippen molar-refractivity contribution in [3.63, 3.8) is 0 Å². The molecular weight excluding hydrogens is 396 g/mol. The lowest BCUT2D eigenvalue weighted by Crippen LogP contribution is -2.33. The van der Waals surface area contributed by atoms with Crippen molar-refractivity contribution >= 4 is 33.3 Å². The standard InChI is InChI=1S/C26H28N6/c1-5-13-31(14-6-1)25-22-18-27-24(21-12-11-19-9-3-4-10-20(19)17-21)28-23(22)26(30-29-25)32-15-7-2-8-16-32/h3-4,9-12,17-18H,1-2,5-8,13-16H2. The Kier molecular flexibility index (Phi) is 5.06. The molecule has 2 aliphatic rings. The molecule has 4 heterocycles. The highest BCUT2D eigenvalue weighted by molar-refractivity contribution is 5.97. The summed E-state index contributed by atoms with van der Waals surface area (Å²) >= 11 is 0. The van der Waals surface area contributed by atoms with Crippen molar-refractivity contribution in [3.05, 3.63) is 48.7 Å². The van der Waals surface area contributed by atoms with Gasteiger partial charge in [-0.25, -0.2) is 9.97 Å². The first kappa shape index (κ1) is 19.4. The molecule has 0 unspecified atom stereocenters. The van der Waals surface area contributed by atoms with Crippen LogP contribution in [0.5, 0.6) is 0 Å². The number of anilines is 2. The predicted molar refractivity (Wildman–Crippen MR) is 130 cm³/mol. The van der Waals surface area contributed by atoms with Gasteiger partial charge in [-0.2, -0.15) is 0 Å². The van der Waals surface area contributed by atoms with Crippen LogP contribution in [0.1, 0.15) is 38.5 Å². The first-order valence-corrected chi connectivity index (χ1v) is 11.9. The van der Waals surface area contributed by atoms with Crippen LogP contribution in [0.15, 0.2) is 48.7 Å². The Morgan fingerprint density at radius 3 is 2.06 bits per heavy atom. The quantitative estimate of drug-likeness (QED) is 0.449. The molecule has 0 spiro atoms. The van der Waals surface area contributed by atoms with E-state index in [-0.39, 0.29) is 0 Å². The molecule has 4 aromatic rings. The summed E-state index contributed by atoms with van der Waals surface area (Å²) in [7, 11) is 0. The van der Waals surface area contributed by atoms with Crippen molar-refractivity contribution in [2.75, 3.05) is 36.0 Å². The Hall–Kier alpha value is -3.28. The monoisotopic (exact) mass is 424 g/mol. The molecule has 2 aromatic carbocycles. The van der Waals surface area contributed by atoms with E-state index in [2.05, 4.69) is 52.3 Å². The first-order chi connectivity index (χ1) is 15.9. The molecule has 162 valence electrons. The van der Waals surface area contributed by atoms with Crippen molar-refractivity contribution < 1.29 is 0 Å². The maximum Gasteiger partial charge on any atom is 0.178 e. The molecule has 2 aromatic heterocycles. The molecule has 0 N–H and O–H groups in total. The topological polar surface area (TPSA) is 58.0 Å². The van der Waals surface area contributed by atoms with Crippen LogP contribution in [0.25, 0.3) is 33.1 Å². The average molecular weight is 425 g/mol. The van der Waals surface area contributed by atoms with E-state index in [1.54, 1.807) is 0 Å². The van der Waals surface area contributed by atoms with Crippen LogP contribution < -0.4 is 9.80 Å². The summed E-state index contributed by atoms with van der Waals surface area (Å²) in [5.41, 5.74) is 1.96. The highest BCUT2D eigenvalue weighted by Gasteiger charge is 2.23. The number of hydrogen-bond donors (Lipinski definition) is 0. The second-order valence-corrected chi connectivity index (χ2v) is 8.96. The summed E-state index contributed by atoms with van der Waals surface area (Å²) in [6.45, 7) is 4.09. The zero-order valence-electron chi connectivity index (χ0n) is 18.4. The van der Waals surface area contributed by atoms with Gasteiger partial charge in [0.1, 0.15) is 5.52 Å². The van der Waals surface area contributed by atoms with Gasteiger partial charge in [-0.1, -0.05) is 36.4 Å². The van der Waals surface area contributed by atoms with Gasteiger partial charge in [0.25, 0.3) is 0 Å². The molecule has 2 saturated heterocycles. The van der Waals surface area contributed by atoms with Crippen molar-refractivity contribution in [3.8, 4) is 11.4 Å². The summed E-state index contributed by atoms with van der Waals surface area (Å²) in [4.78, 5) is 14.6. The molecule has 0 amide bonds. The Bertz CT molecular complexity index is 1260. The van der Waals surface area contributed by atoms with Crippen molar-refractivity contribution in [1.29, 1.82) is 0 Å². The highest BCUT2D eigenvalue weighted by Crippen LogP contribution is 2.33. The normalized spacial score (nSPS) is 17.2. The molecule has 0 radical (unpaired) electrons. The van der Waals surface area contributed by atoms with Crippen LogP contribution in [-0.4, -0.2) is 46.3 Å². The minimum atomic E-state index is 0.749. The van der Waals surface area contributed by atoms with E-state index in [9.17, 15) is 0 Å². The molecule has 6 nitrogen and oxygen atoms in total. The molecule has 6 rings (SSSR count). The third-order valence-electron chi connectivity index (χ3n) is 6.80. The fourth-order valence-electron chi connectivity index (χ4n) is 5.04. The lowest BCUT2D eigenvalue weighted by atomic mass is 10.1. The Morgan fingerprint density at radius 2 is 1.31 bits per heavy atom. The van der Waals surface area contributed by atoms with Gasteiger partial charge >= 0.3 is 0 Å². The van der Waals surface area contributed by atoms with Crippen molar-refractivity contribution in [1.82, 2.24) is 20.2 Å². The van der Waals surface area contributed by atoms with Gasteiger partial charge in [0.15, 0.2) is 17.5 Å². The molecule has 32 heavy (non-hydrogen) atoms. The third-order valence-corrected chi connectivity index (χ3v) is 6.80. The summed E-state index contributed by atoms with van der Waals surface area (Å²) < 4.78 is 0. The lowest BCUT2D eigenvalue weighted by Gasteiger charge is -2.31. The number of nitrogens with zero attached hydrogens (tertiary/aromatic N) is 6. The van der Waals surface area contributed by atoms with Crippen molar-refractivity contribution in [2.45, 2.75) is 38.5 Å². The number of rotatable bonds is 3. The minimum absolute atomic E-state index is 0.749. The second kappa shape index (κ2) is 8.34. The van der Waals surface area contributed by atoms with Crippen LogP contribution in [0.2, 0.25) is 0 Å². The maximum atomic E-state index is 5.10. The minimum Gasteiger partial charge on any atom is -0.355 e. The van der Waals surface area contributed by atoms with Crippen molar-refractivity contribution in [2.24, 2.45) is 0 Å². The van der Waals surface area contributed by atoms with Crippen LogP contribution in [0.3, 0.4) is 0 Å². The molecule has 0 saturated carbocycles. The zero-order chi connectivity index (χ0) is 21.3. The predicted octanol–water partition coefficient (Wildman–Crippen LogP) is 5.22. The van der Waals surface area contributed by atoms with E-state index in [1.165, 1.54) is 49.3 Å². The first-order valence-electron chi connectivity index (χ1n) is 11.9.